The highest BCUT2D eigenvalue weighted by Gasteiger charge is 2.26. The molecular weight excluding hydrogens is 390 g/mol. The summed E-state index contributed by atoms with van der Waals surface area (Å²) in [5.74, 6) is 1.51. The third-order valence-corrected chi connectivity index (χ3v) is 5.98. The molecule has 0 saturated carbocycles. The van der Waals surface area contributed by atoms with Gasteiger partial charge in [-0.1, -0.05) is 42.5 Å². The highest BCUT2D eigenvalue weighted by molar-refractivity contribution is 5.85. The van der Waals surface area contributed by atoms with E-state index < -0.39 is 0 Å². The van der Waals surface area contributed by atoms with Gasteiger partial charge in [0.2, 0.25) is 5.43 Å². The Morgan fingerprint density at radius 3 is 2.52 bits per heavy atom. The summed E-state index contributed by atoms with van der Waals surface area (Å²) in [6.07, 6.45) is 1.55. The Labute approximate surface area is 180 Å². The lowest BCUT2D eigenvalue weighted by Gasteiger charge is -2.34. The normalized spacial score (nSPS) is 14.6. The van der Waals surface area contributed by atoms with Gasteiger partial charge in [0.25, 0.3) is 0 Å². The SMILES string of the molecule is COc1ccc(-c2coc3c4c(ccc3c2=O)OCN([C@H](C)c2ccccc2)C4)cc1. The Morgan fingerprint density at radius 1 is 1.00 bits per heavy atom. The summed E-state index contributed by atoms with van der Waals surface area (Å²) >= 11 is 0. The molecule has 0 N–H and O–H groups in total. The van der Waals surface area contributed by atoms with Crippen molar-refractivity contribution < 1.29 is 13.9 Å². The molecule has 5 rings (SSSR count). The van der Waals surface area contributed by atoms with Crippen molar-refractivity contribution in [1.29, 1.82) is 0 Å². The number of hydrogen-bond donors (Lipinski definition) is 0. The molecule has 1 atom stereocenters. The molecule has 0 unspecified atom stereocenters. The molecule has 4 aromatic rings. The molecule has 2 heterocycles. The van der Waals surface area contributed by atoms with Gasteiger partial charge in [-0.3, -0.25) is 9.69 Å². The van der Waals surface area contributed by atoms with Crippen molar-refractivity contribution in [3.63, 3.8) is 0 Å². The van der Waals surface area contributed by atoms with Gasteiger partial charge in [-0.2, -0.15) is 0 Å². The molecule has 156 valence electrons. The minimum atomic E-state index is -0.0533. The molecule has 0 fully saturated rings. The van der Waals surface area contributed by atoms with E-state index >= 15 is 0 Å². The van der Waals surface area contributed by atoms with E-state index in [2.05, 4.69) is 24.0 Å². The number of rotatable bonds is 4. The predicted molar refractivity (Wildman–Crippen MR) is 120 cm³/mol. The molecular formula is C26H23NO4. The Hall–Kier alpha value is -3.57. The van der Waals surface area contributed by atoms with Crippen LogP contribution < -0.4 is 14.9 Å². The van der Waals surface area contributed by atoms with Gasteiger partial charge in [0.15, 0.2) is 0 Å². The number of ether oxygens (including phenoxy) is 2. The number of nitrogens with zero attached hydrogens (tertiary/aromatic N) is 1. The van der Waals surface area contributed by atoms with E-state index in [1.807, 2.05) is 48.5 Å². The standard InChI is InChI=1S/C26H23NO4/c1-17(18-6-4-3-5-7-18)27-14-22-24(31-16-27)13-12-21-25(28)23(15-30-26(21)22)19-8-10-20(29-2)11-9-19/h3-13,15,17H,14,16H2,1-2H3/t17-/m1/s1. The van der Waals surface area contributed by atoms with Gasteiger partial charge in [-0.15, -0.1) is 0 Å². The number of benzene rings is 3. The number of methoxy groups -OCH3 is 1. The fourth-order valence-electron chi connectivity index (χ4n) is 4.09. The van der Waals surface area contributed by atoms with Crippen molar-refractivity contribution in [3.05, 3.63) is 94.3 Å². The largest absolute Gasteiger partial charge is 0.497 e. The number of hydrogen-bond acceptors (Lipinski definition) is 5. The average Bonchev–Trinajstić information content (AvgIpc) is 2.84. The van der Waals surface area contributed by atoms with Crippen LogP contribution in [0, 0.1) is 0 Å². The first-order valence-corrected chi connectivity index (χ1v) is 10.3. The molecule has 1 aliphatic rings. The Morgan fingerprint density at radius 2 is 1.77 bits per heavy atom. The van der Waals surface area contributed by atoms with E-state index in [0.29, 0.717) is 29.8 Å². The lowest BCUT2D eigenvalue weighted by Crippen LogP contribution is -2.34. The third kappa shape index (κ3) is 3.47. The van der Waals surface area contributed by atoms with E-state index in [1.165, 1.54) is 5.56 Å². The van der Waals surface area contributed by atoms with Crippen LogP contribution >= 0.6 is 0 Å². The van der Waals surface area contributed by atoms with E-state index in [4.69, 9.17) is 13.9 Å². The first-order chi connectivity index (χ1) is 15.2. The fraction of sp³-hybridized carbons (Fsp3) is 0.192. The van der Waals surface area contributed by atoms with Gasteiger partial charge in [-0.25, -0.2) is 0 Å². The van der Waals surface area contributed by atoms with Crippen LogP contribution in [-0.4, -0.2) is 18.7 Å². The molecule has 0 aliphatic carbocycles. The van der Waals surface area contributed by atoms with Crippen molar-refractivity contribution in [2.45, 2.75) is 19.5 Å². The van der Waals surface area contributed by atoms with Crippen LogP contribution in [0.5, 0.6) is 11.5 Å². The highest BCUT2D eigenvalue weighted by Crippen LogP contribution is 2.35. The summed E-state index contributed by atoms with van der Waals surface area (Å²) in [6, 6.07) is 21.6. The molecule has 31 heavy (non-hydrogen) atoms. The summed E-state index contributed by atoms with van der Waals surface area (Å²) < 4.78 is 17.3. The lowest BCUT2D eigenvalue weighted by atomic mass is 10.0. The van der Waals surface area contributed by atoms with Gasteiger partial charge < -0.3 is 13.9 Å². The molecule has 0 radical (unpaired) electrons. The predicted octanol–water partition coefficient (Wildman–Crippen LogP) is 5.38. The summed E-state index contributed by atoms with van der Waals surface area (Å²) in [5.41, 5.74) is 3.99. The summed E-state index contributed by atoms with van der Waals surface area (Å²) in [5, 5.41) is 0.560. The van der Waals surface area contributed by atoms with Crippen LogP contribution in [0.3, 0.4) is 0 Å². The lowest BCUT2D eigenvalue weighted by molar-refractivity contribution is 0.0620. The molecule has 5 heteroatoms. The third-order valence-electron chi connectivity index (χ3n) is 5.98. The van der Waals surface area contributed by atoms with Gasteiger partial charge in [0, 0.05) is 12.6 Å². The van der Waals surface area contributed by atoms with Gasteiger partial charge in [-0.05, 0) is 42.3 Å². The van der Waals surface area contributed by atoms with Crippen LogP contribution in [0.25, 0.3) is 22.1 Å². The van der Waals surface area contributed by atoms with Crippen LogP contribution in [-0.2, 0) is 6.54 Å². The van der Waals surface area contributed by atoms with Crippen molar-refractivity contribution in [2.24, 2.45) is 0 Å². The summed E-state index contributed by atoms with van der Waals surface area (Å²) in [4.78, 5) is 15.5. The molecule has 0 amide bonds. The molecule has 3 aromatic carbocycles. The monoisotopic (exact) mass is 413 g/mol. The van der Waals surface area contributed by atoms with Crippen molar-refractivity contribution in [3.8, 4) is 22.6 Å². The molecule has 0 spiro atoms. The van der Waals surface area contributed by atoms with E-state index in [-0.39, 0.29) is 11.5 Å². The second-order valence-electron chi connectivity index (χ2n) is 7.73. The Balaban J connectivity index is 1.53. The van der Waals surface area contributed by atoms with Crippen molar-refractivity contribution in [2.75, 3.05) is 13.8 Å². The second kappa shape index (κ2) is 7.93. The Kier molecular flexibility index (Phi) is 4.96. The van der Waals surface area contributed by atoms with Crippen molar-refractivity contribution in [1.82, 2.24) is 4.90 Å². The van der Waals surface area contributed by atoms with Crippen LogP contribution in [0.4, 0.5) is 0 Å². The molecule has 5 nitrogen and oxygen atoms in total. The zero-order valence-electron chi connectivity index (χ0n) is 17.5. The zero-order chi connectivity index (χ0) is 21.4. The van der Waals surface area contributed by atoms with Crippen LogP contribution in [0.1, 0.15) is 24.1 Å². The maximum absolute atomic E-state index is 13.3. The van der Waals surface area contributed by atoms with E-state index in [9.17, 15) is 4.79 Å². The second-order valence-corrected chi connectivity index (χ2v) is 7.73. The first kappa shape index (κ1) is 19.4. The minimum absolute atomic E-state index is 0.0533. The molecule has 1 aliphatic heterocycles. The fourth-order valence-corrected chi connectivity index (χ4v) is 4.09. The van der Waals surface area contributed by atoms with Gasteiger partial charge >= 0.3 is 0 Å². The topological polar surface area (TPSA) is 51.9 Å². The smallest absolute Gasteiger partial charge is 0.200 e. The van der Waals surface area contributed by atoms with Gasteiger partial charge in [0.1, 0.15) is 30.1 Å². The summed E-state index contributed by atoms with van der Waals surface area (Å²) in [6.45, 7) is 3.29. The highest BCUT2D eigenvalue weighted by atomic mass is 16.5. The van der Waals surface area contributed by atoms with Crippen LogP contribution in [0.2, 0.25) is 0 Å². The van der Waals surface area contributed by atoms with Gasteiger partial charge in [0.05, 0.1) is 23.6 Å². The maximum atomic E-state index is 13.3. The van der Waals surface area contributed by atoms with E-state index in [0.717, 1.165) is 22.6 Å². The number of fused-ring (bicyclic) bond motifs is 3. The quantitative estimate of drug-likeness (QED) is 0.449. The maximum Gasteiger partial charge on any atom is 0.200 e. The van der Waals surface area contributed by atoms with E-state index in [1.54, 1.807) is 19.4 Å². The molecule has 1 aromatic heterocycles. The Bertz CT molecular complexity index is 1280. The van der Waals surface area contributed by atoms with Crippen molar-refractivity contribution >= 4 is 11.0 Å². The molecule has 0 bridgehead atoms. The average molecular weight is 413 g/mol. The minimum Gasteiger partial charge on any atom is -0.497 e. The van der Waals surface area contributed by atoms with Crippen LogP contribution in [0.15, 0.2) is 82.2 Å². The summed E-state index contributed by atoms with van der Waals surface area (Å²) in [7, 11) is 1.62. The molecule has 0 saturated heterocycles. The zero-order valence-corrected chi connectivity index (χ0v) is 17.5. The first-order valence-electron chi connectivity index (χ1n) is 10.3.